The molecule has 0 saturated carbocycles. The topological polar surface area (TPSA) is 18.5 Å². The molecule has 0 heterocycles. The molecule has 1 aromatic rings. The average molecular weight is 526 g/mol. The fraction of sp³-hybridized carbons (Fsp3) is 0.684. The summed E-state index contributed by atoms with van der Waals surface area (Å²) in [5.74, 6) is -36.8. The summed E-state index contributed by atoms with van der Waals surface area (Å²) in [6.45, 7) is 3.81. The standard InChI is InChI=1S/C19H19F13O2/c1-10(2)9-34-12-6-4-11(5-7-12)13(33-3)8-14(20,21)15(22,23)16(24,25)17(26,27)18(28,29)19(30,31)32/h4-7,10,13H,8-9H2,1-3H3. The molecule has 198 valence electrons. The Morgan fingerprint density at radius 2 is 1.12 bits per heavy atom. The van der Waals surface area contributed by atoms with Crippen LogP contribution in [0.2, 0.25) is 0 Å². The van der Waals surface area contributed by atoms with Crippen LogP contribution in [0.1, 0.15) is 31.9 Å². The highest BCUT2D eigenvalue weighted by Gasteiger charge is 2.90. The molecule has 15 heteroatoms. The van der Waals surface area contributed by atoms with Crippen molar-refractivity contribution in [2.24, 2.45) is 5.92 Å². The van der Waals surface area contributed by atoms with Crippen molar-refractivity contribution in [3.8, 4) is 5.75 Å². The highest BCUT2D eigenvalue weighted by molar-refractivity contribution is 5.29. The molecule has 0 amide bonds. The van der Waals surface area contributed by atoms with Gasteiger partial charge in [0.2, 0.25) is 0 Å². The van der Waals surface area contributed by atoms with Gasteiger partial charge in [0, 0.05) is 13.5 Å². The lowest BCUT2D eigenvalue weighted by Crippen LogP contribution is -2.70. The molecule has 0 saturated heterocycles. The minimum atomic E-state index is -7.93. The summed E-state index contributed by atoms with van der Waals surface area (Å²) in [6.07, 6.45) is -12.1. The maximum Gasteiger partial charge on any atom is 0.460 e. The number of rotatable bonds is 11. The van der Waals surface area contributed by atoms with Crippen molar-refractivity contribution in [1.82, 2.24) is 0 Å². The Labute approximate surface area is 185 Å². The van der Waals surface area contributed by atoms with Crippen molar-refractivity contribution in [3.05, 3.63) is 29.8 Å². The quantitative estimate of drug-likeness (QED) is 0.278. The second-order valence-electron chi connectivity index (χ2n) is 7.70. The number of hydrogen-bond acceptors (Lipinski definition) is 2. The van der Waals surface area contributed by atoms with Gasteiger partial charge in [-0.15, -0.1) is 0 Å². The van der Waals surface area contributed by atoms with Crippen LogP contribution in [-0.2, 0) is 4.74 Å². The number of hydrogen-bond donors (Lipinski definition) is 0. The van der Waals surface area contributed by atoms with E-state index in [9.17, 15) is 57.1 Å². The first-order valence-corrected chi connectivity index (χ1v) is 9.28. The summed E-state index contributed by atoms with van der Waals surface area (Å²) in [4.78, 5) is 0. The van der Waals surface area contributed by atoms with Gasteiger partial charge in [0.05, 0.1) is 12.7 Å². The van der Waals surface area contributed by atoms with Crippen LogP contribution in [0.25, 0.3) is 0 Å². The molecule has 1 aromatic carbocycles. The Morgan fingerprint density at radius 1 is 0.676 bits per heavy atom. The Hall–Kier alpha value is -1.93. The molecule has 0 aliphatic heterocycles. The Balaban J connectivity index is 3.27. The molecule has 34 heavy (non-hydrogen) atoms. The van der Waals surface area contributed by atoms with Gasteiger partial charge in [-0.1, -0.05) is 26.0 Å². The van der Waals surface area contributed by atoms with E-state index in [1.807, 2.05) is 0 Å². The molecule has 0 bridgehead atoms. The van der Waals surface area contributed by atoms with E-state index in [2.05, 4.69) is 4.74 Å². The van der Waals surface area contributed by atoms with Gasteiger partial charge >= 0.3 is 35.8 Å². The van der Waals surface area contributed by atoms with E-state index in [-0.39, 0.29) is 23.8 Å². The van der Waals surface area contributed by atoms with Gasteiger partial charge < -0.3 is 9.47 Å². The molecule has 0 N–H and O–H groups in total. The Morgan fingerprint density at radius 3 is 1.50 bits per heavy atom. The van der Waals surface area contributed by atoms with Gasteiger partial charge in [0.15, 0.2) is 0 Å². The SMILES string of the molecule is COC(CC(F)(F)C(F)(F)C(F)(F)C(F)(F)C(F)(F)C(F)(F)F)c1ccc(OCC(C)C)cc1. The van der Waals surface area contributed by atoms with Crippen molar-refractivity contribution >= 4 is 0 Å². The highest BCUT2D eigenvalue weighted by Crippen LogP contribution is 2.61. The van der Waals surface area contributed by atoms with Gasteiger partial charge in [-0.05, 0) is 23.6 Å². The first-order valence-electron chi connectivity index (χ1n) is 9.28. The van der Waals surface area contributed by atoms with Crippen molar-refractivity contribution in [1.29, 1.82) is 0 Å². The summed E-state index contributed by atoms with van der Waals surface area (Å²) >= 11 is 0. The second-order valence-corrected chi connectivity index (χ2v) is 7.70. The van der Waals surface area contributed by atoms with Crippen molar-refractivity contribution in [3.63, 3.8) is 0 Å². The summed E-state index contributed by atoms with van der Waals surface area (Å²) in [5.41, 5.74) is -0.356. The van der Waals surface area contributed by atoms with E-state index >= 15 is 0 Å². The lowest BCUT2D eigenvalue weighted by molar-refractivity contribution is -0.440. The second kappa shape index (κ2) is 9.61. The highest BCUT2D eigenvalue weighted by atomic mass is 19.4. The maximum absolute atomic E-state index is 14.1. The van der Waals surface area contributed by atoms with Gasteiger partial charge in [-0.3, -0.25) is 0 Å². The van der Waals surface area contributed by atoms with Gasteiger partial charge in [0.25, 0.3) is 0 Å². The lowest BCUT2D eigenvalue weighted by Gasteiger charge is -2.40. The molecular formula is C19H19F13O2. The van der Waals surface area contributed by atoms with E-state index in [4.69, 9.17) is 4.74 Å². The largest absolute Gasteiger partial charge is 0.493 e. The molecule has 1 atom stereocenters. The lowest BCUT2D eigenvalue weighted by atomic mass is 9.90. The molecule has 0 fully saturated rings. The van der Waals surface area contributed by atoms with Crippen LogP contribution in [0.5, 0.6) is 5.75 Å². The normalized spacial score (nSPS) is 15.6. The van der Waals surface area contributed by atoms with E-state index in [0.717, 1.165) is 24.3 Å². The predicted octanol–water partition coefficient (Wildman–Crippen LogP) is 7.54. The first kappa shape index (κ1) is 30.1. The zero-order valence-corrected chi connectivity index (χ0v) is 17.6. The van der Waals surface area contributed by atoms with E-state index in [1.54, 1.807) is 13.8 Å². The minimum absolute atomic E-state index is 0.0804. The number of halogens is 13. The summed E-state index contributed by atoms with van der Waals surface area (Å²) < 4.78 is 182. The predicted molar refractivity (Wildman–Crippen MR) is 91.9 cm³/mol. The van der Waals surface area contributed by atoms with Gasteiger partial charge in [-0.25, -0.2) is 0 Å². The Kier molecular flexibility index (Phi) is 8.51. The van der Waals surface area contributed by atoms with E-state index < -0.39 is 48.3 Å². The molecule has 1 unspecified atom stereocenters. The van der Waals surface area contributed by atoms with Gasteiger partial charge in [-0.2, -0.15) is 57.1 Å². The molecule has 1 rings (SSSR count). The van der Waals surface area contributed by atoms with Crippen LogP contribution >= 0.6 is 0 Å². The fourth-order valence-corrected chi connectivity index (χ4v) is 2.54. The maximum atomic E-state index is 14.1. The summed E-state index contributed by atoms with van der Waals surface area (Å²) in [7, 11) is 0.659. The first-order chi connectivity index (χ1) is 15.1. The fourth-order valence-electron chi connectivity index (χ4n) is 2.54. The smallest absolute Gasteiger partial charge is 0.460 e. The number of ether oxygens (including phenoxy) is 2. The molecule has 0 aliphatic rings. The van der Waals surface area contributed by atoms with Crippen molar-refractivity contribution < 1.29 is 66.5 Å². The summed E-state index contributed by atoms with van der Waals surface area (Å²) in [6, 6.07) is 4.30. The molecule has 0 radical (unpaired) electrons. The average Bonchev–Trinajstić information content (AvgIpc) is 2.69. The molecule has 0 aliphatic carbocycles. The molecule has 0 aromatic heterocycles. The van der Waals surface area contributed by atoms with Gasteiger partial charge in [0.1, 0.15) is 5.75 Å². The molecule has 2 nitrogen and oxygen atoms in total. The zero-order chi connectivity index (χ0) is 27.0. The summed E-state index contributed by atoms with van der Waals surface area (Å²) in [5, 5.41) is 0. The van der Waals surface area contributed by atoms with Crippen LogP contribution in [0.4, 0.5) is 57.1 Å². The number of benzene rings is 1. The van der Waals surface area contributed by atoms with Crippen LogP contribution in [0.3, 0.4) is 0 Å². The third-order valence-electron chi connectivity index (χ3n) is 4.56. The van der Waals surface area contributed by atoms with Crippen LogP contribution in [-0.4, -0.2) is 49.5 Å². The third kappa shape index (κ3) is 5.33. The minimum Gasteiger partial charge on any atom is -0.493 e. The Bertz CT molecular complexity index is 801. The van der Waals surface area contributed by atoms with Crippen molar-refractivity contribution in [2.45, 2.75) is 62.2 Å². The molecule has 0 spiro atoms. The number of alkyl halides is 13. The van der Waals surface area contributed by atoms with Crippen LogP contribution < -0.4 is 4.74 Å². The molecular weight excluding hydrogens is 507 g/mol. The number of methoxy groups -OCH3 is 1. The van der Waals surface area contributed by atoms with E-state index in [1.165, 1.54) is 0 Å². The van der Waals surface area contributed by atoms with Crippen LogP contribution in [0.15, 0.2) is 24.3 Å². The van der Waals surface area contributed by atoms with E-state index in [0.29, 0.717) is 7.11 Å². The third-order valence-corrected chi connectivity index (χ3v) is 4.56. The van der Waals surface area contributed by atoms with Crippen molar-refractivity contribution in [2.75, 3.05) is 13.7 Å². The zero-order valence-electron chi connectivity index (χ0n) is 17.6. The van der Waals surface area contributed by atoms with Crippen LogP contribution in [0, 0.1) is 5.92 Å². The monoisotopic (exact) mass is 526 g/mol.